The van der Waals surface area contributed by atoms with E-state index >= 15 is 0 Å². The zero-order chi connectivity index (χ0) is 27.9. The standard InChI is InChI=1S/C36H20N4/c1-40-30(24-39)34-33(29(22-37)23-38)35(31(25-14-6-2-7-15-25)26-16-8-3-9-17-26)36(34)32(27-18-10-4-11-19-27)28-20-12-5-13-21-28/h2-21H/b34-30-. The molecule has 0 aliphatic heterocycles. The van der Waals surface area contributed by atoms with Gasteiger partial charge in [0, 0.05) is 11.1 Å². The molecule has 1 saturated carbocycles. The fourth-order valence-corrected chi connectivity index (χ4v) is 5.03. The number of benzene rings is 4. The molecule has 0 aromatic heterocycles. The summed E-state index contributed by atoms with van der Waals surface area (Å²) in [6.07, 6.45) is 0. The Kier molecular flexibility index (Phi) is 7.29. The minimum absolute atomic E-state index is 0.144. The minimum Gasteiger partial charge on any atom is -0.226 e. The summed E-state index contributed by atoms with van der Waals surface area (Å²) in [5.41, 5.74) is 6.80. The monoisotopic (exact) mass is 508 g/mol. The van der Waals surface area contributed by atoms with E-state index in [4.69, 9.17) is 6.57 Å². The molecule has 0 unspecified atom stereocenters. The highest BCUT2D eigenvalue weighted by atomic mass is 14.7. The van der Waals surface area contributed by atoms with Crippen LogP contribution in [-0.4, -0.2) is 0 Å². The molecule has 0 N–H and O–H groups in total. The van der Waals surface area contributed by atoms with Crippen LogP contribution in [0.4, 0.5) is 0 Å². The summed E-state index contributed by atoms with van der Waals surface area (Å²) in [5, 5.41) is 30.2. The fraction of sp³-hybridized carbons (Fsp3) is 0. The Hall–Kier alpha value is -6.20. The van der Waals surface area contributed by atoms with Crippen molar-refractivity contribution in [2.45, 2.75) is 0 Å². The van der Waals surface area contributed by atoms with Crippen LogP contribution >= 0.6 is 0 Å². The molecule has 5 rings (SSSR count). The van der Waals surface area contributed by atoms with Crippen molar-refractivity contribution >= 4 is 11.1 Å². The van der Waals surface area contributed by atoms with Crippen LogP contribution in [-0.2, 0) is 0 Å². The van der Waals surface area contributed by atoms with E-state index in [9.17, 15) is 15.8 Å². The minimum atomic E-state index is -0.165. The Morgan fingerprint density at radius 1 is 0.450 bits per heavy atom. The largest absolute Gasteiger partial charge is 0.270 e. The van der Waals surface area contributed by atoms with Crippen molar-refractivity contribution in [2.24, 2.45) is 0 Å². The molecular weight excluding hydrogens is 488 g/mol. The first-order valence-electron chi connectivity index (χ1n) is 12.5. The van der Waals surface area contributed by atoms with Gasteiger partial charge in [-0.1, -0.05) is 121 Å². The van der Waals surface area contributed by atoms with Gasteiger partial charge < -0.3 is 0 Å². The Labute approximate surface area is 233 Å². The molecule has 0 heterocycles. The third-order valence-electron chi connectivity index (χ3n) is 6.68. The topological polar surface area (TPSA) is 75.7 Å². The Balaban J connectivity index is 2.09. The maximum absolute atomic E-state index is 10.1. The van der Waals surface area contributed by atoms with Crippen molar-refractivity contribution in [2.75, 3.05) is 0 Å². The lowest BCUT2D eigenvalue weighted by Gasteiger charge is -2.36. The normalized spacial score (nSPS) is 13.1. The highest BCUT2D eigenvalue weighted by molar-refractivity contribution is 6.05. The molecule has 0 spiro atoms. The van der Waals surface area contributed by atoms with Crippen LogP contribution in [0.1, 0.15) is 22.3 Å². The van der Waals surface area contributed by atoms with Crippen LogP contribution in [0.3, 0.4) is 0 Å². The van der Waals surface area contributed by atoms with Crippen molar-refractivity contribution in [3.05, 3.63) is 189 Å². The third-order valence-corrected chi connectivity index (χ3v) is 6.68. The van der Waals surface area contributed by atoms with Gasteiger partial charge in [0.25, 0.3) is 5.70 Å². The van der Waals surface area contributed by atoms with Crippen molar-refractivity contribution in [3.8, 4) is 18.2 Å². The Morgan fingerprint density at radius 3 is 1.05 bits per heavy atom. The average molecular weight is 509 g/mol. The molecule has 0 amide bonds. The van der Waals surface area contributed by atoms with Crippen LogP contribution in [0.5, 0.6) is 0 Å². The maximum atomic E-state index is 10.1. The van der Waals surface area contributed by atoms with Gasteiger partial charge in [-0.2, -0.15) is 10.5 Å². The average Bonchev–Trinajstić information content (AvgIpc) is 3.03. The SMILES string of the molecule is [C-]#[N+]/C(C#N)=C1/C(=C(C#N)C#N)C(=C(c2ccccc2)c2ccccc2)C1=C(c1ccccc1)c1ccccc1. The number of rotatable bonds is 4. The van der Waals surface area contributed by atoms with E-state index in [1.165, 1.54) is 0 Å². The van der Waals surface area contributed by atoms with Crippen LogP contribution in [0.15, 0.2) is 155 Å². The number of nitrogens with zero attached hydrogens (tertiary/aromatic N) is 4. The zero-order valence-electron chi connectivity index (χ0n) is 21.3. The Morgan fingerprint density at radius 2 is 0.775 bits per heavy atom. The predicted molar refractivity (Wildman–Crippen MR) is 155 cm³/mol. The van der Waals surface area contributed by atoms with E-state index in [-0.39, 0.29) is 11.3 Å². The van der Waals surface area contributed by atoms with Crippen molar-refractivity contribution in [3.63, 3.8) is 0 Å². The lowest BCUT2D eigenvalue weighted by atomic mass is 9.64. The lowest BCUT2D eigenvalue weighted by molar-refractivity contribution is 1.19. The van der Waals surface area contributed by atoms with Crippen LogP contribution < -0.4 is 0 Å². The number of allylic oxidation sites excluding steroid dienone is 6. The molecule has 0 radical (unpaired) electrons. The third kappa shape index (κ3) is 4.51. The second kappa shape index (κ2) is 11.5. The van der Waals surface area contributed by atoms with Gasteiger partial charge in [-0.3, -0.25) is 0 Å². The van der Waals surface area contributed by atoms with E-state index < -0.39 is 0 Å². The van der Waals surface area contributed by atoms with Gasteiger partial charge in [0.2, 0.25) is 0 Å². The second-order valence-corrected chi connectivity index (χ2v) is 8.88. The molecule has 4 aromatic rings. The maximum Gasteiger partial charge on any atom is 0.270 e. The van der Waals surface area contributed by atoms with Gasteiger partial charge in [-0.15, -0.1) is 0 Å². The van der Waals surface area contributed by atoms with Gasteiger partial charge in [0.1, 0.15) is 17.7 Å². The van der Waals surface area contributed by atoms with Gasteiger partial charge in [-0.25, -0.2) is 10.1 Å². The van der Waals surface area contributed by atoms with Gasteiger partial charge >= 0.3 is 0 Å². The number of hydrogen-bond acceptors (Lipinski definition) is 3. The molecule has 1 aliphatic carbocycles. The summed E-state index contributed by atoms with van der Waals surface area (Å²) in [6.45, 7) is 7.83. The van der Waals surface area contributed by atoms with Crippen LogP contribution in [0, 0.1) is 40.6 Å². The molecule has 0 saturated heterocycles. The molecule has 1 aliphatic rings. The Bertz CT molecular complexity index is 1620. The molecule has 4 heteroatoms. The summed E-state index contributed by atoms with van der Waals surface area (Å²) in [4.78, 5) is 3.55. The van der Waals surface area contributed by atoms with Crippen LogP contribution in [0.2, 0.25) is 0 Å². The first-order valence-corrected chi connectivity index (χ1v) is 12.5. The van der Waals surface area contributed by atoms with E-state index in [1.807, 2.05) is 140 Å². The van der Waals surface area contributed by atoms with Crippen molar-refractivity contribution in [1.82, 2.24) is 0 Å². The van der Waals surface area contributed by atoms with Crippen molar-refractivity contribution < 1.29 is 0 Å². The lowest BCUT2D eigenvalue weighted by Crippen LogP contribution is -2.21. The van der Waals surface area contributed by atoms with Crippen molar-refractivity contribution in [1.29, 1.82) is 15.8 Å². The quantitative estimate of drug-likeness (QED) is 0.207. The van der Waals surface area contributed by atoms with E-state index in [1.54, 1.807) is 0 Å². The first kappa shape index (κ1) is 25.4. The smallest absolute Gasteiger partial charge is 0.226 e. The van der Waals surface area contributed by atoms with Gasteiger partial charge in [0.15, 0.2) is 0 Å². The number of hydrogen-bond donors (Lipinski definition) is 0. The number of nitriles is 3. The van der Waals surface area contributed by atoms with Crippen LogP contribution in [0.25, 0.3) is 16.0 Å². The first-order chi connectivity index (χ1) is 19.7. The highest BCUT2D eigenvalue weighted by Gasteiger charge is 2.41. The molecule has 0 atom stereocenters. The fourth-order valence-electron chi connectivity index (χ4n) is 5.03. The molecule has 0 bridgehead atoms. The molecule has 1 fully saturated rings. The van der Waals surface area contributed by atoms with E-state index in [0.717, 1.165) is 33.4 Å². The summed E-state index contributed by atoms with van der Waals surface area (Å²) in [7, 11) is 0. The van der Waals surface area contributed by atoms with Gasteiger partial charge in [-0.05, 0) is 44.5 Å². The highest BCUT2D eigenvalue weighted by Crippen LogP contribution is 2.56. The molecule has 4 aromatic carbocycles. The zero-order valence-corrected chi connectivity index (χ0v) is 21.3. The predicted octanol–water partition coefficient (Wildman–Crippen LogP) is 8.04. The molecular formula is C36H20N4. The summed E-state index contributed by atoms with van der Waals surface area (Å²) in [6, 6.07) is 45.2. The van der Waals surface area contributed by atoms with Gasteiger partial charge in [0.05, 0.1) is 12.6 Å². The van der Waals surface area contributed by atoms with E-state index in [2.05, 4.69) is 4.85 Å². The second-order valence-electron chi connectivity index (χ2n) is 8.88. The summed E-state index contributed by atoms with van der Waals surface area (Å²) in [5.74, 6) is 0. The molecule has 4 nitrogen and oxygen atoms in total. The summed E-state index contributed by atoms with van der Waals surface area (Å²) < 4.78 is 0. The van der Waals surface area contributed by atoms with E-state index in [0.29, 0.717) is 22.3 Å². The molecule has 40 heavy (non-hydrogen) atoms. The molecule has 184 valence electrons. The summed E-state index contributed by atoms with van der Waals surface area (Å²) >= 11 is 0.